The molecule has 2 N–H and O–H groups in total. The Labute approximate surface area is 206 Å². The zero-order valence-corrected chi connectivity index (χ0v) is 21.3. The van der Waals surface area contributed by atoms with Crippen LogP contribution >= 0.6 is 15.9 Å². The van der Waals surface area contributed by atoms with E-state index in [1.54, 1.807) is 18.2 Å². The first-order valence-electron chi connectivity index (χ1n) is 11.0. The smallest absolute Gasteiger partial charge is 0.244 e. The van der Waals surface area contributed by atoms with E-state index in [4.69, 9.17) is 4.74 Å². The molecular weight excluding hydrogens is 528 g/mol. The number of amides is 2. The minimum absolute atomic E-state index is 0.0561. The minimum atomic E-state index is -4.03. The van der Waals surface area contributed by atoms with E-state index < -0.39 is 16.1 Å². The minimum Gasteiger partial charge on any atom is -0.384 e. The van der Waals surface area contributed by atoms with Crippen LogP contribution in [-0.2, 0) is 30.9 Å². The van der Waals surface area contributed by atoms with Gasteiger partial charge in [-0.25, -0.2) is 8.42 Å². The molecule has 2 aliphatic rings. The number of aromatic nitrogens is 3. The average molecular weight is 555 g/mol. The summed E-state index contributed by atoms with van der Waals surface area (Å²) >= 11 is 3.35. The lowest BCUT2D eigenvalue weighted by Crippen LogP contribution is -2.55. The van der Waals surface area contributed by atoms with E-state index in [0.29, 0.717) is 41.8 Å². The molecule has 34 heavy (non-hydrogen) atoms. The van der Waals surface area contributed by atoms with Gasteiger partial charge in [-0.1, -0.05) is 5.21 Å². The Morgan fingerprint density at radius 1 is 1.35 bits per heavy atom. The van der Waals surface area contributed by atoms with Crippen LogP contribution < -0.4 is 5.32 Å². The molecule has 2 saturated heterocycles. The molecule has 0 saturated carbocycles. The lowest BCUT2D eigenvalue weighted by Gasteiger charge is -2.40. The van der Waals surface area contributed by atoms with Crippen LogP contribution in [0.4, 0.5) is 5.69 Å². The second-order valence-corrected chi connectivity index (χ2v) is 11.3. The Morgan fingerprint density at radius 3 is 2.79 bits per heavy atom. The van der Waals surface area contributed by atoms with Gasteiger partial charge in [0.15, 0.2) is 0 Å². The second kappa shape index (κ2) is 10.1. The highest BCUT2D eigenvalue weighted by atomic mass is 79.9. The first-order valence-corrected chi connectivity index (χ1v) is 13.2. The Hall–Kier alpha value is -2.35. The van der Waals surface area contributed by atoms with Crippen LogP contribution in [0.2, 0.25) is 0 Å². The molecule has 184 valence electrons. The normalized spacial score (nSPS) is 23.6. The number of carbonyl (C=O) groups excluding carboxylic acids is 2. The van der Waals surface area contributed by atoms with Gasteiger partial charge in [0.1, 0.15) is 6.04 Å². The van der Waals surface area contributed by atoms with Gasteiger partial charge in [0, 0.05) is 37.0 Å². The summed E-state index contributed by atoms with van der Waals surface area (Å²) in [5.74, 6) is -0.707. The van der Waals surface area contributed by atoms with Crippen molar-refractivity contribution in [2.24, 2.45) is 5.92 Å². The number of aromatic amines is 1. The summed E-state index contributed by atoms with van der Waals surface area (Å²) in [5, 5.41) is 12.9. The van der Waals surface area contributed by atoms with Crippen molar-refractivity contribution in [1.29, 1.82) is 0 Å². The summed E-state index contributed by atoms with van der Waals surface area (Å²) in [4.78, 5) is 26.8. The van der Waals surface area contributed by atoms with Crippen molar-refractivity contribution >= 4 is 43.5 Å². The highest BCUT2D eigenvalue weighted by molar-refractivity contribution is 9.10. The lowest BCUT2D eigenvalue weighted by atomic mass is 9.91. The van der Waals surface area contributed by atoms with E-state index in [9.17, 15) is 18.0 Å². The Kier molecular flexibility index (Phi) is 7.36. The monoisotopic (exact) mass is 554 g/mol. The van der Waals surface area contributed by atoms with Crippen molar-refractivity contribution in [3.63, 3.8) is 0 Å². The topological polar surface area (TPSA) is 138 Å². The molecule has 3 atom stereocenters. The van der Waals surface area contributed by atoms with Gasteiger partial charge in [0.2, 0.25) is 21.8 Å². The molecule has 2 amide bonds. The van der Waals surface area contributed by atoms with Crippen LogP contribution in [0.25, 0.3) is 0 Å². The first-order chi connectivity index (χ1) is 16.2. The highest BCUT2D eigenvalue weighted by Gasteiger charge is 2.50. The van der Waals surface area contributed by atoms with Crippen molar-refractivity contribution in [3.8, 4) is 0 Å². The van der Waals surface area contributed by atoms with Gasteiger partial charge in [-0.15, -0.1) is 5.10 Å². The standard InChI is InChI=1S/C21H27BrN6O5S/c1-13(29)24-18-7-6-16(8-17(18)22)34(31,32)28-19-4-3-5-20(28)21(30)27(10-14(19)12-33-2)11-15-9-23-26-25-15/h6-9,14,19-20H,3-5,10-12H2,1-2H3,(H,24,29)(H,23,25,26)/t14-,19-,20+/m1/s1. The number of methoxy groups -OCH3 is 1. The van der Waals surface area contributed by atoms with Gasteiger partial charge in [0.25, 0.3) is 0 Å². The number of H-pyrrole nitrogens is 1. The van der Waals surface area contributed by atoms with Crippen LogP contribution in [0.15, 0.2) is 33.8 Å². The number of carbonyl (C=O) groups is 2. The zero-order valence-electron chi connectivity index (χ0n) is 18.9. The van der Waals surface area contributed by atoms with Gasteiger partial charge < -0.3 is 15.0 Å². The first kappa shape index (κ1) is 24.8. The van der Waals surface area contributed by atoms with E-state index in [1.165, 1.54) is 29.4 Å². The van der Waals surface area contributed by atoms with Crippen molar-refractivity contribution in [2.75, 3.05) is 25.6 Å². The maximum Gasteiger partial charge on any atom is 0.244 e. The molecule has 4 rings (SSSR count). The summed E-state index contributed by atoms with van der Waals surface area (Å²) in [7, 11) is -2.45. The molecule has 1 aromatic carbocycles. The number of anilines is 1. The van der Waals surface area contributed by atoms with Crippen LogP contribution in [0, 0.1) is 5.92 Å². The van der Waals surface area contributed by atoms with E-state index in [0.717, 1.165) is 6.42 Å². The second-order valence-electron chi connectivity index (χ2n) is 8.59. The van der Waals surface area contributed by atoms with Crippen LogP contribution in [-0.4, -0.2) is 77.2 Å². The molecule has 1 aromatic heterocycles. The Morgan fingerprint density at radius 2 is 2.15 bits per heavy atom. The summed E-state index contributed by atoms with van der Waals surface area (Å²) in [5.41, 5.74) is 1.14. The summed E-state index contributed by atoms with van der Waals surface area (Å²) in [6, 6.07) is 3.26. The molecule has 2 aliphatic heterocycles. The number of nitrogens with one attached hydrogen (secondary N) is 2. The molecule has 0 aliphatic carbocycles. The molecule has 3 heterocycles. The summed E-state index contributed by atoms with van der Waals surface area (Å²) in [6.07, 6.45) is 3.38. The van der Waals surface area contributed by atoms with Crippen LogP contribution in [0.5, 0.6) is 0 Å². The summed E-state index contributed by atoms with van der Waals surface area (Å²) < 4.78 is 35.2. The van der Waals surface area contributed by atoms with Crippen LogP contribution in [0.1, 0.15) is 31.9 Å². The number of sulfonamides is 1. The van der Waals surface area contributed by atoms with Gasteiger partial charge in [-0.3, -0.25) is 14.7 Å². The van der Waals surface area contributed by atoms with Gasteiger partial charge >= 0.3 is 0 Å². The molecule has 11 nitrogen and oxygen atoms in total. The number of hydrogen-bond donors (Lipinski definition) is 2. The fraction of sp³-hybridized carbons (Fsp3) is 0.524. The fourth-order valence-corrected chi connectivity index (χ4v) is 7.37. The largest absolute Gasteiger partial charge is 0.384 e. The number of nitrogens with zero attached hydrogens (tertiary/aromatic N) is 4. The average Bonchev–Trinajstić information content (AvgIpc) is 3.29. The number of halogens is 1. The van der Waals surface area contributed by atoms with Crippen molar-refractivity contribution in [1.82, 2.24) is 24.6 Å². The van der Waals surface area contributed by atoms with E-state index in [1.807, 2.05) is 0 Å². The maximum atomic E-state index is 13.9. The molecule has 2 aromatic rings. The molecule has 13 heteroatoms. The third kappa shape index (κ3) is 4.88. The molecule has 0 radical (unpaired) electrons. The van der Waals surface area contributed by atoms with Crippen molar-refractivity contribution in [3.05, 3.63) is 34.6 Å². The summed E-state index contributed by atoms with van der Waals surface area (Å²) in [6.45, 7) is 2.33. The van der Waals surface area contributed by atoms with E-state index in [-0.39, 0.29) is 35.2 Å². The lowest BCUT2D eigenvalue weighted by molar-refractivity contribution is -0.135. The zero-order chi connectivity index (χ0) is 24.5. The fourth-order valence-electron chi connectivity index (χ4n) is 4.82. The highest BCUT2D eigenvalue weighted by Crippen LogP contribution is 2.38. The number of ether oxygens (including phenoxy) is 1. The predicted molar refractivity (Wildman–Crippen MR) is 126 cm³/mol. The third-order valence-corrected chi connectivity index (χ3v) is 8.83. The maximum absolute atomic E-state index is 13.9. The molecule has 2 bridgehead atoms. The van der Waals surface area contributed by atoms with Gasteiger partial charge in [0.05, 0.1) is 35.6 Å². The number of benzene rings is 1. The third-order valence-electron chi connectivity index (χ3n) is 6.24. The SMILES string of the molecule is COC[C@H]1CN(Cc2cnn[nH]2)C(=O)[C@@H]2CCC[C@H]1N2S(=O)(=O)c1ccc(NC(C)=O)c(Br)c1. The molecule has 0 spiro atoms. The number of piperidine rings is 1. The number of rotatable bonds is 7. The Balaban J connectivity index is 1.73. The number of fused-ring (bicyclic) bond motifs is 2. The van der Waals surface area contributed by atoms with Gasteiger partial charge in [-0.05, 0) is 53.4 Å². The molecule has 2 fully saturated rings. The van der Waals surface area contributed by atoms with Gasteiger partial charge in [-0.2, -0.15) is 4.31 Å². The van der Waals surface area contributed by atoms with Crippen molar-refractivity contribution in [2.45, 2.75) is 49.7 Å². The van der Waals surface area contributed by atoms with Crippen molar-refractivity contribution < 1.29 is 22.7 Å². The van der Waals surface area contributed by atoms with E-state index in [2.05, 4.69) is 36.7 Å². The molecular formula is C21H27BrN6O5S. The number of hydrogen-bond acceptors (Lipinski definition) is 7. The molecule has 0 unspecified atom stereocenters. The van der Waals surface area contributed by atoms with E-state index >= 15 is 0 Å². The quantitative estimate of drug-likeness (QED) is 0.531. The van der Waals surface area contributed by atoms with Crippen LogP contribution in [0.3, 0.4) is 0 Å². The Bertz CT molecular complexity index is 1160. The predicted octanol–water partition coefficient (Wildman–Crippen LogP) is 1.74.